The number of aromatic nitrogens is 2. The highest BCUT2D eigenvalue weighted by molar-refractivity contribution is 9.10. The summed E-state index contributed by atoms with van der Waals surface area (Å²) < 4.78 is 5.51. The van der Waals surface area contributed by atoms with Crippen molar-refractivity contribution in [1.82, 2.24) is 9.13 Å². The zero-order valence-corrected chi connectivity index (χ0v) is 22.7. The monoisotopic (exact) mass is 534 g/mol. The van der Waals surface area contributed by atoms with Gasteiger partial charge in [-0.3, -0.25) is 0 Å². The van der Waals surface area contributed by atoms with Crippen LogP contribution in [0.2, 0.25) is 0 Å². The normalized spacial score (nSPS) is 11.9. The zero-order valence-electron chi connectivity index (χ0n) is 21.1. The summed E-state index contributed by atoms with van der Waals surface area (Å²) in [5.41, 5.74) is 9.70. The van der Waals surface area contributed by atoms with Gasteiger partial charge >= 0.3 is 0 Å². The quantitative estimate of drug-likeness (QED) is 0.212. The third kappa shape index (κ3) is 4.20. The van der Waals surface area contributed by atoms with E-state index in [1.54, 1.807) is 0 Å². The van der Waals surface area contributed by atoms with Gasteiger partial charge in [0.1, 0.15) is 0 Å². The lowest BCUT2D eigenvalue weighted by Gasteiger charge is -2.16. The number of fused-ring (bicyclic) bond motifs is 1. The molecule has 0 aliphatic carbocycles. The smallest absolute Gasteiger partial charge is 0.0541 e. The first-order valence-corrected chi connectivity index (χ1v) is 12.8. The van der Waals surface area contributed by atoms with Crippen LogP contribution in [0, 0.1) is 0 Å². The summed E-state index contributed by atoms with van der Waals surface area (Å²) in [4.78, 5) is 0. The molecular weight excluding hydrogens is 504 g/mol. The molecule has 3 heteroatoms. The van der Waals surface area contributed by atoms with Crippen molar-refractivity contribution in [3.8, 4) is 11.4 Å². The fourth-order valence-corrected chi connectivity index (χ4v) is 5.40. The first kappa shape index (κ1) is 25.3. The average molecular weight is 536 g/mol. The van der Waals surface area contributed by atoms with Crippen molar-refractivity contribution in [1.29, 1.82) is 0 Å². The fourth-order valence-electron chi connectivity index (χ4n) is 4.93. The minimum atomic E-state index is 0.984. The van der Waals surface area contributed by atoms with Gasteiger partial charge in [-0.15, -0.1) is 0 Å². The van der Waals surface area contributed by atoms with E-state index in [1.807, 2.05) is 39.0 Å². The molecule has 0 N–H and O–H groups in total. The highest BCUT2D eigenvalue weighted by Crippen LogP contribution is 2.36. The molecule has 2 heterocycles. The number of rotatable bonds is 8. The van der Waals surface area contributed by atoms with Gasteiger partial charge in [-0.05, 0) is 63.3 Å². The first-order chi connectivity index (χ1) is 17.5. The Morgan fingerprint density at radius 1 is 0.639 bits per heavy atom. The largest absolute Gasteiger partial charge is 0.309 e. The summed E-state index contributed by atoms with van der Waals surface area (Å²) >= 11 is 3.79. The van der Waals surface area contributed by atoms with Gasteiger partial charge in [0, 0.05) is 37.9 Å². The number of para-hydroxylation sites is 1. The SMILES string of the molecule is C=Cc1c(/C=C\C)c(C=C)n(-c2cc(Br)cc(-n3c(C=C)c(/C=C\C)c4ccccc43)c2)c1/C=C\C. The van der Waals surface area contributed by atoms with Crippen LogP contribution in [0.4, 0.5) is 0 Å². The van der Waals surface area contributed by atoms with Crippen molar-refractivity contribution < 1.29 is 0 Å². The van der Waals surface area contributed by atoms with Crippen molar-refractivity contribution in [2.45, 2.75) is 20.8 Å². The number of hydrogen-bond acceptors (Lipinski definition) is 0. The van der Waals surface area contributed by atoms with Crippen LogP contribution >= 0.6 is 15.9 Å². The van der Waals surface area contributed by atoms with Gasteiger partial charge in [0.05, 0.1) is 22.6 Å². The molecule has 0 aliphatic rings. The van der Waals surface area contributed by atoms with Crippen LogP contribution in [0.15, 0.2) is 84.9 Å². The van der Waals surface area contributed by atoms with Crippen LogP contribution in [-0.2, 0) is 0 Å². The Morgan fingerprint density at radius 2 is 1.22 bits per heavy atom. The summed E-state index contributed by atoms with van der Waals surface area (Å²) in [6.07, 6.45) is 18.4. The minimum Gasteiger partial charge on any atom is -0.309 e. The average Bonchev–Trinajstić information content (AvgIpc) is 3.36. The molecule has 2 nitrogen and oxygen atoms in total. The molecule has 2 aromatic heterocycles. The molecule has 0 saturated heterocycles. The van der Waals surface area contributed by atoms with Crippen LogP contribution in [0.5, 0.6) is 0 Å². The Kier molecular flexibility index (Phi) is 7.61. The summed E-state index contributed by atoms with van der Waals surface area (Å²) in [5.74, 6) is 0. The number of halogens is 1. The van der Waals surface area contributed by atoms with Crippen molar-refractivity contribution >= 4 is 63.3 Å². The van der Waals surface area contributed by atoms with E-state index < -0.39 is 0 Å². The number of benzene rings is 2. The topological polar surface area (TPSA) is 9.86 Å². The van der Waals surface area contributed by atoms with Gasteiger partial charge in [-0.1, -0.05) is 90.3 Å². The maximum Gasteiger partial charge on any atom is 0.0541 e. The zero-order chi connectivity index (χ0) is 25.8. The summed E-state index contributed by atoms with van der Waals surface area (Å²) in [7, 11) is 0. The van der Waals surface area contributed by atoms with E-state index >= 15 is 0 Å². The lowest BCUT2D eigenvalue weighted by Crippen LogP contribution is -2.03. The molecule has 0 aliphatic heterocycles. The van der Waals surface area contributed by atoms with Crippen molar-refractivity contribution in [2.24, 2.45) is 0 Å². The van der Waals surface area contributed by atoms with Crippen LogP contribution in [0.1, 0.15) is 54.5 Å². The molecule has 0 bridgehead atoms. The number of hydrogen-bond donors (Lipinski definition) is 0. The van der Waals surface area contributed by atoms with Gasteiger partial charge in [0.15, 0.2) is 0 Å². The predicted octanol–water partition coefficient (Wildman–Crippen LogP) is 10.2. The Morgan fingerprint density at radius 3 is 1.83 bits per heavy atom. The van der Waals surface area contributed by atoms with E-state index in [9.17, 15) is 0 Å². The van der Waals surface area contributed by atoms with Crippen molar-refractivity contribution in [2.75, 3.05) is 0 Å². The maximum absolute atomic E-state index is 4.16. The highest BCUT2D eigenvalue weighted by atomic mass is 79.9. The van der Waals surface area contributed by atoms with Gasteiger partial charge in [-0.2, -0.15) is 0 Å². The minimum absolute atomic E-state index is 0.984. The van der Waals surface area contributed by atoms with Gasteiger partial charge in [-0.25, -0.2) is 0 Å². The van der Waals surface area contributed by atoms with Crippen LogP contribution in [0.3, 0.4) is 0 Å². The molecule has 0 spiro atoms. The summed E-state index contributed by atoms with van der Waals surface area (Å²) in [5, 5.41) is 1.19. The van der Waals surface area contributed by atoms with Gasteiger partial charge in [0.2, 0.25) is 0 Å². The molecule has 0 radical (unpaired) electrons. The standard InChI is InChI=1S/C33H31BrN2/c1-7-15-27-26(10-4)32(17-9-3)35(30(27)11-5)24-20-23(34)21-25(22-24)36-31(12-6)28(16-8-2)29-18-13-14-19-33(29)36/h7-22H,4-6H2,1-3H3/b15-7-,16-8-,17-9-. The molecule has 2 aromatic carbocycles. The first-order valence-electron chi connectivity index (χ1n) is 12.0. The molecule has 0 saturated carbocycles. The molecule has 0 amide bonds. The molecular formula is C33H31BrN2. The van der Waals surface area contributed by atoms with E-state index in [0.29, 0.717) is 0 Å². The molecule has 36 heavy (non-hydrogen) atoms. The lowest BCUT2D eigenvalue weighted by atomic mass is 10.1. The second kappa shape index (κ2) is 10.8. The van der Waals surface area contributed by atoms with E-state index in [2.05, 4.69) is 124 Å². The Balaban J connectivity index is 2.11. The van der Waals surface area contributed by atoms with E-state index in [1.165, 1.54) is 5.39 Å². The second-order valence-corrected chi connectivity index (χ2v) is 9.28. The highest BCUT2D eigenvalue weighted by Gasteiger charge is 2.20. The number of allylic oxidation sites excluding steroid dienone is 3. The Hall–Kier alpha value is -3.82. The van der Waals surface area contributed by atoms with Crippen molar-refractivity contribution in [3.63, 3.8) is 0 Å². The Bertz CT molecular complexity index is 1570. The lowest BCUT2D eigenvalue weighted by molar-refractivity contribution is 1.02. The predicted molar refractivity (Wildman–Crippen MR) is 165 cm³/mol. The van der Waals surface area contributed by atoms with Gasteiger partial charge < -0.3 is 9.13 Å². The van der Waals surface area contributed by atoms with E-state index in [-0.39, 0.29) is 0 Å². The van der Waals surface area contributed by atoms with Crippen LogP contribution < -0.4 is 0 Å². The molecule has 4 aromatic rings. The van der Waals surface area contributed by atoms with Crippen LogP contribution in [0.25, 0.3) is 58.7 Å². The van der Waals surface area contributed by atoms with Gasteiger partial charge in [0.25, 0.3) is 0 Å². The fraction of sp³-hybridized carbons (Fsp3) is 0.0909. The number of nitrogens with zero attached hydrogens (tertiary/aromatic N) is 2. The molecule has 180 valence electrons. The summed E-state index contributed by atoms with van der Waals surface area (Å²) in [6.45, 7) is 18.5. The Labute approximate surface area is 222 Å². The van der Waals surface area contributed by atoms with Crippen molar-refractivity contribution in [3.05, 3.63) is 119 Å². The molecule has 0 atom stereocenters. The van der Waals surface area contributed by atoms with E-state index in [4.69, 9.17) is 0 Å². The summed E-state index contributed by atoms with van der Waals surface area (Å²) in [6, 6.07) is 15.0. The second-order valence-electron chi connectivity index (χ2n) is 8.36. The third-order valence-corrected chi connectivity index (χ3v) is 6.70. The maximum atomic E-state index is 4.16. The third-order valence-electron chi connectivity index (χ3n) is 6.24. The van der Waals surface area contributed by atoms with E-state index in [0.717, 1.165) is 55.1 Å². The molecule has 0 fully saturated rings. The molecule has 0 unspecified atom stereocenters. The van der Waals surface area contributed by atoms with Crippen LogP contribution in [-0.4, -0.2) is 9.13 Å². The molecule has 4 rings (SSSR count).